The summed E-state index contributed by atoms with van der Waals surface area (Å²) in [5.74, 6) is -8.54. The smallest absolute Gasteiger partial charge is 0.487 e. The van der Waals surface area contributed by atoms with Gasteiger partial charge in [0.25, 0.3) is 0 Å². The maximum Gasteiger partial charge on any atom is 0.490 e. The Morgan fingerprint density at radius 2 is 1.32 bits per heavy atom. The molecule has 0 saturated carbocycles. The van der Waals surface area contributed by atoms with Crippen LogP contribution in [-0.4, -0.2) is 143 Å². The number of halogens is 11. The summed E-state index contributed by atoms with van der Waals surface area (Å²) in [6, 6.07) is 9.81. The lowest BCUT2D eigenvalue weighted by molar-refractivity contribution is -0.193. The summed E-state index contributed by atoms with van der Waals surface area (Å²) >= 11 is 13.2. The molecule has 74 heavy (non-hydrogen) atoms. The number of guanidine groups is 2. The van der Waals surface area contributed by atoms with Crippen LogP contribution in [0.4, 0.5) is 39.5 Å². The minimum atomic E-state index is -5.08. The quantitative estimate of drug-likeness (QED) is 0.0437. The van der Waals surface area contributed by atoms with Crippen molar-refractivity contribution < 1.29 is 92.0 Å². The lowest BCUT2D eigenvalue weighted by atomic mass is 9.98. The van der Waals surface area contributed by atoms with E-state index in [2.05, 4.69) is 19.7 Å². The number of sulfonamides is 1. The van der Waals surface area contributed by atoms with Crippen molar-refractivity contribution in [2.24, 2.45) is 32.9 Å². The van der Waals surface area contributed by atoms with E-state index < -0.39 is 63.9 Å². The van der Waals surface area contributed by atoms with Gasteiger partial charge in [0.05, 0.1) is 11.1 Å². The standard InChI is InChI=1S/C35H48Cl2N10O5S.3C2HF3O2/c1-5-35(4,32(49)47-16-14-46(15-17-47)29(48)19-23(44-34(40)41)8-7-13-42-33(38)39)45-53(50,51)28-12-11-26(36)25(30(28)37)20-52-27-10-6-9-24-21(2)18-22(3)43-31(24)27;3*3-2(4,5)1(6)7/h6,9-12,18,23,45H,5,7-8,13-17,19-20H2,1-4H3,(H4,38,39,42)(H4,40,41,44);3*(H,6,7)/t23-,35+;;;/m0.../s1. The van der Waals surface area contributed by atoms with Crippen LogP contribution in [0.25, 0.3) is 10.9 Å². The van der Waals surface area contributed by atoms with Gasteiger partial charge < -0.3 is 52.8 Å². The molecule has 0 bridgehead atoms. The van der Waals surface area contributed by atoms with Crippen LogP contribution in [0.3, 0.4) is 0 Å². The Morgan fingerprint density at radius 3 is 1.78 bits per heavy atom. The number of para-hydroxylation sites is 1. The molecule has 12 N–H and O–H groups in total. The fourth-order valence-corrected chi connectivity index (χ4v) is 8.48. The number of amides is 2. The van der Waals surface area contributed by atoms with Gasteiger partial charge in [-0.05, 0) is 69.9 Å². The van der Waals surface area contributed by atoms with Crippen LogP contribution in [0.5, 0.6) is 5.75 Å². The monoisotopic (exact) mass is 1130 g/mol. The number of nitrogens with two attached hydrogens (primary N) is 4. The normalized spacial score (nSPS) is 14.0. The molecule has 0 spiro atoms. The molecular formula is C41H51Cl2F9N10O11S. The Kier molecular flexibility index (Phi) is 24.4. The van der Waals surface area contributed by atoms with Gasteiger partial charge in [-0.3, -0.25) is 14.6 Å². The van der Waals surface area contributed by atoms with Gasteiger partial charge in [-0.2, -0.15) is 44.2 Å². The zero-order chi connectivity index (χ0) is 57.3. The fourth-order valence-electron chi connectivity index (χ4n) is 6.15. The number of aromatic nitrogens is 1. The minimum Gasteiger partial charge on any atom is -0.487 e. The highest BCUT2D eigenvalue weighted by Gasteiger charge is 2.42. The second-order valence-electron chi connectivity index (χ2n) is 15.6. The van der Waals surface area contributed by atoms with E-state index in [9.17, 15) is 57.5 Å². The number of benzene rings is 2. The molecule has 1 aromatic heterocycles. The van der Waals surface area contributed by atoms with Crippen molar-refractivity contribution in [2.75, 3.05) is 32.7 Å². The van der Waals surface area contributed by atoms with Crippen molar-refractivity contribution in [1.82, 2.24) is 19.5 Å². The summed E-state index contributed by atoms with van der Waals surface area (Å²) < 4.78 is 132. The largest absolute Gasteiger partial charge is 0.490 e. The van der Waals surface area contributed by atoms with E-state index in [0.29, 0.717) is 30.7 Å². The highest BCUT2D eigenvalue weighted by Crippen LogP contribution is 2.35. The van der Waals surface area contributed by atoms with Gasteiger partial charge in [-0.25, -0.2) is 32.8 Å². The van der Waals surface area contributed by atoms with Crippen LogP contribution in [0.1, 0.15) is 56.4 Å². The number of hydrogen-bond donors (Lipinski definition) is 8. The van der Waals surface area contributed by atoms with Crippen molar-refractivity contribution in [2.45, 2.75) is 95.0 Å². The van der Waals surface area contributed by atoms with E-state index >= 15 is 0 Å². The maximum atomic E-state index is 13.9. The first-order valence-electron chi connectivity index (χ1n) is 20.9. The van der Waals surface area contributed by atoms with Crippen LogP contribution in [0, 0.1) is 13.8 Å². The third-order valence-corrected chi connectivity index (χ3v) is 12.4. The van der Waals surface area contributed by atoms with Crippen LogP contribution >= 0.6 is 23.2 Å². The highest BCUT2D eigenvalue weighted by molar-refractivity contribution is 7.89. The molecule has 2 heterocycles. The number of aryl methyl sites for hydroxylation is 2. The van der Waals surface area contributed by atoms with E-state index in [4.69, 9.17) is 80.6 Å². The van der Waals surface area contributed by atoms with E-state index in [0.717, 1.165) is 16.6 Å². The number of carboxylic acids is 3. The number of nitrogens with zero attached hydrogens (tertiary/aromatic N) is 5. The minimum absolute atomic E-state index is 0.0244. The molecular weight excluding hydrogens is 1080 g/mol. The molecule has 3 aromatic rings. The van der Waals surface area contributed by atoms with Crippen molar-refractivity contribution in [3.63, 3.8) is 0 Å². The Morgan fingerprint density at radius 1 is 0.824 bits per heavy atom. The number of aliphatic carboxylic acids is 3. The van der Waals surface area contributed by atoms with Gasteiger partial charge in [0.15, 0.2) is 11.9 Å². The van der Waals surface area contributed by atoms with Crippen LogP contribution in [-0.2, 0) is 40.6 Å². The molecule has 2 aromatic carbocycles. The SMILES string of the molecule is CC[C@@](C)(NS(=O)(=O)c1ccc(Cl)c(COc2cccc3c(C)cc(C)nc23)c1Cl)C(=O)N1CCN(C(=O)C[C@H](CCCN=C(N)N)N=C(N)N)CC1.O=C(O)C(F)(F)F.O=C(O)C(F)(F)F.O=C(O)C(F)(F)F. The summed E-state index contributed by atoms with van der Waals surface area (Å²) in [6.45, 7) is 8.25. The Bertz CT molecular complexity index is 2590. The van der Waals surface area contributed by atoms with Crippen molar-refractivity contribution in [3.05, 3.63) is 63.3 Å². The zero-order valence-corrected chi connectivity index (χ0v) is 41.7. The molecule has 0 aliphatic carbocycles. The summed E-state index contributed by atoms with van der Waals surface area (Å²) in [4.78, 5) is 69.5. The second-order valence-corrected chi connectivity index (χ2v) is 18.0. The number of carbonyl (C=O) groups excluding carboxylic acids is 2. The number of aliphatic imine (C=N–C) groups is 2. The first-order chi connectivity index (χ1) is 33.8. The van der Waals surface area contributed by atoms with Crippen molar-refractivity contribution in [1.29, 1.82) is 0 Å². The molecule has 1 aliphatic heterocycles. The molecule has 4 rings (SSSR count). The summed E-state index contributed by atoms with van der Waals surface area (Å²) in [5, 5.41) is 22.4. The van der Waals surface area contributed by atoms with Crippen molar-refractivity contribution in [3.8, 4) is 5.75 Å². The molecule has 0 unspecified atom stereocenters. The zero-order valence-electron chi connectivity index (χ0n) is 39.3. The summed E-state index contributed by atoms with van der Waals surface area (Å²) in [6.07, 6.45) is -14.0. The maximum absolute atomic E-state index is 13.9. The predicted molar refractivity (Wildman–Crippen MR) is 249 cm³/mol. The van der Waals surface area contributed by atoms with Crippen LogP contribution in [0.2, 0.25) is 10.0 Å². The van der Waals surface area contributed by atoms with Gasteiger partial charge in [-0.1, -0.05) is 42.3 Å². The van der Waals surface area contributed by atoms with Gasteiger partial charge in [0.2, 0.25) is 21.8 Å². The highest BCUT2D eigenvalue weighted by atomic mass is 35.5. The molecule has 2 atom stereocenters. The lowest BCUT2D eigenvalue weighted by Gasteiger charge is -2.40. The Labute approximate surface area is 425 Å². The molecule has 2 amide bonds. The number of carboxylic acid groups (broad SMARTS) is 3. The molecule has 1 saturated heterocycles. The number of rotatable bonds is 15. The van der Waals surface area contributed by atoms with Gasteiger partial charge in [-0.15, -0.1) is 0 Å². The number of hydrogen-bond acceptors (Lipinski definition) is 11. The molecule has 1 fully saturated rings. The van der Waals surface area contributed by atoms with E-state index in [-0.39, 0.29) is 84.0 Å². The van der Waals surface area contributed by atoms with Crippen molar-refractivity contribution >= 4 is 85.8 Å². The van der Waals surface area contributed by atoms with Gasteiger partial charge in [0.1, 0.15) is 28.3 Å². The number of nitrogens with one attached hydrogen (secondary N) is 1. The number of piperazine rings is 1. The molecule has 33 heteroatoms. The van der Waals surface area contributed by atoms with Gasteiger partial charge in [0, 0.05) is 60.8 Å². The molecule has 414 valence electrons. The van der Waals surface area contributed by atoms with E-state index in [1.165, 1.54) is 19.1 Å². The fraction of sp³-hybridized carbons (Fsp3) is 0.463. The Hall–Kier alpha value is -6.60. The van der Waals surface area contributed by atoms with E-state index in [1.807, 2.05) is 32.0 Å². The second kappa shape index (κ2) is 27.6. The van der Waals surface area contributed by atoms with Crippen LogP contribution < -0.4 is 32.4 Å². The average Bonchev–Trinajstić information content (AvgIpc) is 3.26. The molecule has 1 aliphatic rings. The third kappa shape index (κ3) is 21.1. The topological polar surface area (TPSA) is 350 Å². The number of fused-ring (bicyclic) bond motifs is 1. The first kappa shape index (κ1) is 65.4. The number of alkyl halides is 9. The average molecular weight is 1130 g/mol. The number of carbonyl (C=O) groups is 5. The van der Waals surface area contributed by atoms with Crippen LogP contribution in [0.15, 0.2) is 51.3 Å². The predicted octanol–water partition coefficient (Wildman–Crippen LogP) is 4.84. The van der Waals surface area contributed by atoms with Gasteiger partial charge >= 0.3 is 36.4 Å². The first-order valence-corrected chi connectivity index (χ1v) is 23.1. The molecule has 21 nitrogen and oxygen atoms in total. The molecule has 0 radical (unpaired) electrons. The third-order valence-electron chi connectivity index (χ3n) is 9.87. The number of ether oxygens (including phenoxy) is 1. The Balaban J connectivity index is 0.00000109. The summed E-state index contributed by atoms with van der Waals surface area (Å²) in [5.41, 5.74) is 23.2. The summed E-state index contributed by atoms with van der Waals surface area (Å²) in [7, 11) is -4.35. The lowest BCUT2D eigenvalue weighted by Crippen LogP contribution is -2.61. The number of pyridine rings is 1. The van der Waals surface area contributed by atoms with E-state index in [1.54, 1.807) is 22.8 Å².